The van der Waals surface area contributed by atoms with Crippen molar-refractivity contribution in [3.63, 3.8) is 0 Å². The van der Waals surface area contributed by atoms with Gasteiger partial charge in [0.05, 0.1) is 0 Å². The van der Waals surface area contributed by atoms with Gasteiger partial charge in [-0.1, -0.05) is 20.8 Å². The van der Waals surface area contributed by atoms with E-state index in [-0.39, 0.29) is 12.0 Å². The highest BCUT2D eigenvalue weighted by atomic mass is 16.6. The van der Waals surface area contributed by atoms with E-state index in [0.29, 0.717) is 19.4 Å². The molecule has 2 rings (SSSR count). The molecule has 1 unspecified atom stereocenters. The third kappa shape index (κ3) is 4.39. The van der Waals surface area contributed by atoms with Crippen LogP contribution in [0.15, 0.2) is 0 Å². The van der Waals surface area contributed by atoms with Gasteiger partial charge in [0.15, 0.2) is 0 Å². The van der Waals surface area contributed by atoms with Gasteiger partial charge in [0.2, 0.25) is 5.91 Å². The number of carbonyl (C=O) groups is 3. The lowest BCUT2D eigenvalue weighted by Gasteiger charge is -2.34. The Morgan fingerprint density at radius 2 is 1.75 bits per heavy atom. The topological polar surface area (TPSA) is 95.9 Å². The normalized spacial score (nSPS) is 23.1. The van der Waals surface area contributed by atoms with Crippen LogP contribution in [0.25, 0.3) is 0 Å². The van der Waals surface area contributed by atoms with Crippen molar-refractivity contribution in [3.05, 3.63) is 0 Å². The first-order chi connectivity index (χ1) is 11.2. The van der Waals surface area contributed by atoms with Crippen LogP contribution >= 0.6 is 0 Å². The van der Waals surface area contributed by atoms with Gasteiger partial charge in [-0.15, -0.1) is 0 Å². The van der Waals surface area contributed by atoms with E-state index in [1.807, 2.05) is 20.8 Å². The van der Waals surface area contributed by atoms with Crippen LogP contribution in [0.1, 0.15) is 59.3 Å². The van der Waals surface area contributed by atoms with Gasteiger partial charge < -0.3 is 20.1 Å². The number of hydrogen-bond donors (Lipinski definition) is 2. The van der Waals surface area contributed by atoms with Gasteiger partial charge in [0.25, 0.3) is 0 Å². The number of amides is 2. The maximum Gasteiger partial charge on any atom is 0.408 e. The van der Waals surface area contributed by atoms with Gasteiger partial charge in [-0.25, -0.2) is 9.59 Å². The minimum atomic E-state index is -0.998. The van der Waals surface area contributed by atoms with E-state index in [0.717, 1.165) is 25.7 Å². The summed E-state index contributed by atoms with van der Waals surface area (Å²) < 4.78 is 5.39. The zero-order valence-electron chi connectivity index (χ0n) is 14.7. The second-order valence-corrected chi connectivity index (χ2v) is 7.78. The fourth-order valence-electron chi connectivity index (χ4n) is 3.41. The number of alkyl carbamates (subject to hydrolysis) is 1. The molecule has 7 nitrogen and oxygen atoms in total. The summed E-state index contributed by atoms with van der Waals surface area (Å²) in [7, 11) is 0. The molecule has 7 heteroatoms. The van der Waals surface area contributed by atoms with Crippen LogP contribution in [0.4, 0.5) is 4.79 Å². The first kappa shape index (κ1) is 18.5. The molecule has 0 spiro atoms. The summed E-state index contributed by atoms with van der Waals surface area (Å²) in [5.74, 6) is -1.35. The first-order valence-corrected chi connectivity index (χ1v) is 8.70. The van der Waals surface area contributed by atoms with E-state index in [9.17, 15) is 19.5 Å². The van der Waals surface area contributed by atoms with Gasteiger partial charge >= 0.3 is 12.1 Å². The lowest BCUT2D eigenvalue weighted by molar-refractivity contribution is -0.150. The van der Waals surface area contributed by atoms with Crippen LogP contribution in [0.2, 0.25) is 0 Å². The maximum atomic E-state index is 12.9. The summed E-state index contributed by atoms with van der Waals surface area (Å²) in [5, 5.41) is 12.0. The molecule has 1 saturated heterocycles. The fourth-order valence-corrected chi connectivity index (χ4v) is 3.41. The van der Waals surface area contributed by atoms with E-state index in [4.69, 9.17) is 4.74 Å². The summed E-state index contributed by atoms with van der Waals surface area (Å²) >= 11 is 0. The van der Waals surface area contributed by atoms with Crippen LogP contribution < -0.4 is 5.32 Å². The van der Waals surface area contributed by atoms with E-state index < -0.39 is 29.6 Å². The van der Waals surface area contributed by atoms with Crippen LogP contribution in [0.3, 0.4) is 0 Å². The number of aliphatic carboxylic acids is 1. The second kappa shape index (κ2) is 7.40. The third-order valence-corrected chi connectivity index (χ3v) is 4.77. The summed E-state index contributed by atoms with van der Waals surface area (Å²) in [6.45, 7) is 5.94. The van der Waals surface area contributed by atoms with E-state index in [1.165, 1.54) is 4.90 Å². The van der Waals surface area contributed by atoms with Crippen molar-refractivity contribution in [2.45, 2.75) is 77.5 Å². The molecule has 1 aliphatic heterocycles. The molecule has 2 fully saturated rings. The van der Waals surface area contributed by atoms with Crippen LogP contribution in [-0.4, -0.2) is 52.7 Å². The summed E-state index contributed by atoms with van der Waals surface area (Å²) in [5.41, 5.74) is -0.544. The highest BCUT2D eigenvalue weighted by molar-refractivity contribution is 5.90. The average molecular weight is 340 g/mol. The zero-order valence-corrected chi connectivity index (χ0v) is 14.7. The van der Waals surface area contributed by atoms with Crippen molar-refractivity contribution in [2.75, 3.05) is 6.54 Å². The Morgan fingerprint density at radius 3 is 2.29 bits per heavy atom. The standard InChI is InChI=1S/C17H28N2O5/c1-17(2,3)13(18-16(23)24-11-7-4-5-8-11)14(20)19-10-6-9-12(19)15(21)22/h11-13H,4-10H2,1-3H3,(H,18,23)(H,21,22)/t12?,13-/m1/s1. The van der Waals surface area contributed by atoms with Crippen molar-refractivity contribution in [2.24, 2.45) is 5.41 Å². The number of carboxylic acid groups (broad SMARTS) is 1. The summed E-state index contributed by atoms with van der Waals surface area (Å²) in [6, 6.07) is -1.62. The smallest absolute Gasteiger partial charge is 0.408 e. The Bertz CT molecular complexity index is 494. The molecule has 0 bridgehead atoms. The Labute approximate surface area is 142 Å². The molecular weight excluding hydrogens is 312 g/mol. The quantitative estimate of drug-likeness (QED) is 0.817. The minimum absolute atomic E-state index is 0.0840. The Kier molecular flexibility index (Phi) is 5.72. The van der Waals surface area contributed by atoms with Crippen LogP contribution in [0, 0.1) is 5.41 Å². The van der Waals surface area contributed by atoms with Gasteiger partial charge in [-0.3, -0.25) is 4.79 Å². The molecule has 0 aromatic rings. The van der Waals surface area contributed by atoms with E-state index in [2.05, 4.69) is 5.32 Å². The van der Waals surface area contributed by atoms with Crippen molar-refractivity contribution in [1.82, 2.24) is 10.2 Å². The second-order valence-electron chi connectivity index (χ2n) is 7.78. The molecule has 2 atom stereocenters. The molecule has 1 saturated carbocycles. The first-order valence-electron chi connectivity index (χ1n) is 8.70. The predicted molar refractivity (Wildman–Crippen MR) is 87.5 cm³/mol. The fraction of sp³-hybridized carbons (Fsp3) is 0.824. The van der Waals surface area contributed by atoms with Gasteiger partial charge in [-0.2, -0.15) is 0 Å². The van der Waals surface area contributed by atoms with Crippen molar-refractivity contribution in [1.29, 1.82) is 0 Å². The molecule has 136 valence electrons. The molecule has 1 heterocycles. The number of nitrogens with zero attached hydrogens (tertiary/aromatic N) is 1. The molecule has 2 aliphatic rings. The zero-order chi connectivity index (χ0) is 17.9. The third-order valence-electron chi connectivity index (χ3n) is 4.77. The number of hydrogen-bond acceptors (Lipinski definition) is 4. The van der Waals surface area contributed by atoms with Crippen LogP contribution in [-0.2, 0) is 14.3 Å². The lowest BCUT2D eigenvalue weighted by Crippen LogP contribution is -2.57. The molecule has 0 radical (unpaired) electrons. The highest BCUT2D eigenvalue weighted by Crippen LogP contribution is 2.26. The molecule has 1 aliphatic carbocycles. The Morgan fingerprint density at radius 1 is 1.12 bits per heavy atom. The van der Waals surface area contributed by atoms with Gasteiger partial charge in [-0.05, 0) is 43.9 Å². The molecular formula is C17H28N2O5. The molecule has 24 heavy (non-hydrogen) atoms. The number of carboxylic acids is 1. The maximum absolute atomic E-state index is 12.9. The minimum Gasteiger partial charge on any atom is -0.480 e. The number of likely N-dealkylation sites (tertiary alicyclic amines) is 1. The molecule has 0 aromatic heterocycles. The molecule has 2 N–H and O–H groups in total. The molecule has 2 amide bonds. The predicted octanol–water partition coefficient (Wildman–Crippen LogP) is 2.15. The van der Waals surface area contributed by atoms with E-state index in [1.54, 1.807) is 0 Å². The monoisotopic (exact) mass is 340 g/mol. The Balaban J connectivity index is 2.05. The number of carbonyl (C=O) groups excluding carboxylic acids is 2. The summed E-state index contributed by atoms with van der Waals surface area (Å²) in [6.07, 6.45) is 4.24. The SMILES string of the molecule is CC(C)(C)[C@H](NC(=O)OC1CCCC1)C(=O)N1CCCC1C(=O)O. The average Bonchev–Trinajstić information content (AvgIpc) is 3.13. The van der Waals surface area contributed by atoms with Gasteiger partial charge in [0, 0.05) is 6.54 Å². The lowest BCUT2D eigenvalue weighted by atomic mass is 9.85. The van der Waals surface area contributed by atoms with Gasteiger partial charge in [0.1, 0.15) is 18.2 Å². The molecule has 0 aromatic carbocycles. The number of nitrogens with one attached hydrogen (secondary N) is 1. The van der Waals surface area contributed by atoms with Crippen molar-refractivity contribution >= 4 is 18.0 Å². The highest BCUT2D eigenvalue weighted by Gasteiger charge is 2.42. The Hall–Kier alpha value is -1.79. The van der Waals surface area contributed by atoms with E-state index >= 15 is 0 Å². The van der Waals surface area contributed by atoms with Crippen LogP contribution in [0.5, 0.6) is 0 Å². The number of ether oxygens (including phenoxy) is 1. The summed E-state index contributed by atoms with van der Waals surface area (Å²) in [4.78, 5) is 37.7. The largest absolute Gasteiger partial charge is 0.480 e. The number of rotatable bonds is 4. The van der Waals surface area contributed by atoms with Crippen molar-refractivity contribution < 1.29 is 24.2 Å². The van der Waals surface area contributed by atoms with Crippen molar-refractivity contribution in [3.8, 4) is 0 Å².